The molecule has 0 spiro atoms. The van der Waals surface area contributed by atoms with Crippen molar-refractivity contribution < 1.29 is 4.74 Å². The molecule has 0 amide bonds. The van der Waals surface area contributed by atoms with Crippen LogP contribution in [0, 0.1) is 0 Å². The number of benzene rings is 1. The number of nitrogens with two attached hydrogens (primary N) is 1. The van der Waals surface area contributed by atoms with Gasteiger partial charge in [0, 0.05) is 12.0 Å². The highest BCUT2D eigenvalue weighted by Crippen LogP contribution is 2.29. The molecule has 5 heteroatoms. The topological polar surface area (TPSA) is 76.0 Å². The monoisotopic (exact) mass is 216 g/mol. The van der Waals surface area contributed by atoms with Gasteiger partial charge in [0.15, 0.2) is 0 Å². The number of aromatic nitrogens is 2. The van der Waals surface area contributed by atoms with Crippen LogP contribution >= 0.6 is 0 Å². The predicted molar refractivity (Wildman–Crippen MR) is 61.0 cm³/mol. The van der Waals surface area contributed by atoms with Crippen molar-refractivity contribution in [1.82, 2.24) is 9.97 Å². The van der Waals surface area contributed by atoms with Gasteiger partial charge in [-0.15, -0.1) is 0 Å². The van der Waals surface area contributed by atoms with Crippen LogP contribution in [0.15, 0.2) is 24.4 Å². The molecule has 0 atom stereocenters. The third-order valence-electron chi connectivity index (χ3n) is 2.71. The summed E-state index contributed by atoms with van der Waals surface area (Å²) in [6, 6.07) is 6.13. The second kappa shape index (κ2) is 3.53. The third kappa shape index (κ3) is 1.42. The van der Waals surface area contributed by atoms with Crippen molar-refractivity contribution in [3.63, 3.8) is 0 Å². The number of anilines is 1. The van der Waals surface area contributed by atoms with Gasteiger partial charge in [0.1, 0.15) is 5.75 Å². The Morgan fingerprint density at radius 2 is 2.38 bits per heavy atom. The van der Waals surface area contributed by atoms with E-state index >= 15 is 0 Å². The molecule has 16 heavy (non-hydrogen) atoms. The quantitative estimate of drug-likeness (QED) is 0.522. The molecule has 82 valence electrons. The fourth-order valence-electron chi connectivity index (χ4n) is 1.90. The van der Waals surface area contributed by atoms with Gasteiger partial charge in [-0.3, -0.25) is 5.43 Å². The SMILES string of the molecule is NNc1ncc(-c2ccc3c(c2)CCO3)[nH]1. The molecule has 0 fully saturated rings. The smallest absolute Gasteiger partial charge is 0.215 e. The number of rotatable bonds is 2. The molecule has 4 N–H and O–H groups in total. The van der Waals surface area contributed by atoms with Crippen LogP contribution in [0.1, 0.15) is 5.56 Å². The van der Waals surface area contributed by atoms with E-state index in [2.05, 4.69) is 21.5 Å². The maximum absolute atomic E-state index is 5.46. The van der Waals surface area contributed by atoms with Gasteiger partial charge in [-0.05, 0) is 23.8 Å². The minimum Gasteiger partial charge on any atom is -0.493 e. The zero-order valence-electron chi connectivity index (χ0n) is 8.66. The average Bonchev–Trinajstić information content (AvgIpc) is 2.96. The van der Waals surface area contributed by atoms with Crippen molar-refractivity contribution in [1.29, 1.82) is 0 Å². The Kier molecular flexibility index (Phi) is 2.04. The summed E-state index contributed by atoms with van der Waals surface area (Å²) >= 11 is 0. The van der Waals surface area contributed by atoms with Gasteiger partial charge in [-0.25, -0.2) is 10.8 Å². The summed E-state index contributed by atoms with van der Waals surface area (Å²) in [5.74, 6) is 6.82. The Balaban J connectivity index is 2.00. The van der Waals surface area contributed by atoms with Crippen LogP contribution < -0.4 is 16.0 Å². The predicted octanol–water partition coefficient (Wildman–Crippen LogP) is 1.30. The number of ether oxygens (including phenoxy) is 1. The normalized spacial score (nSPS) is 13.3. The Labute approximate surface area is 92.6 Å². The second-order valence-corrected chi connectivity index (χ2v) is 3.71. The number of hydrogen-bond donors (Lipinski definition) is 3. The molecular weight excluding hydrogens is 204 g/mol. The number of aromatic amines is 1. The highest BCUT2D eigenvalue weighted by molar-refractivity contribution is 5.63. The minimum absolute atomic E-state index is 0.562. The van der Waals surface area contributed by atoms with E-state index in [-0.39, 0.29) is 0 Å². The molecule has 1 aliphatic heterocycles. The van der Waals surface area contributed by atoms with E-state index in [0.29, 0.717) is 5.95 Å². The highest BCUT2D eigenvalue weighted by Gasteiger charge is 2.13. The van der Waals surface area contributed by atoms with Gasteiger partial charge >= 0.3 is 0 Å². The van der Waals surface area contributed by atoms with Crippen molar-refractivity contribution in [2.45, 2.75) is 6.42 Å². The fraction of sp³-hybridized carbons (Fsp3) is 0.182. The standard InChI is InChI=1S/C11H12N4O/c12-15-11-13-6-9(14-11)7-1-2-10-8(5-7)3-4-16-10/h1-2,5-6H,3-4,12H2,(H2,13,14,15). The summed E-state index contributed by atoms with van der Waals surface area (Å²) < 4.78 is 5.46. The average molecular weight is 216 g/mol. The highest BCUT2D eigenvalue weighted by atomic mass is 16.5. The van der Waals surface area contributed by atoms with Crippen LogP contribution in [0.5, 0.6) is 5.75 Å². The van der Waals surface area contributed by atoms with E-state index in [9.17, 15) is 0 Å². The van der Waals surface area contributed by atoms with E-state index < -0.39 is 0 Å². The maximum Gasteiger partial charge on any atom is 0.215 e. The van der Waals surface area contributed by atoms with Gasteiger partial charge in [-0.1, -0.05) is 0 Å². The Bertz CT molecular complexity index is 520. The first-order chi connectivity index (χ1) is 7.86. The molecule has 3 rings (SSSR count). The summed E-state index contributed by atoms with van der Waals surface area (Å²) in [6.07, 6.45) is 2.73. The molecule has 5 nitrogen and oxygen atoms in total. The zero-order valence-corrected chi connectivity index (χ0v) is 8.66. The van der Waals surface area contributed by atoms with E-state index in [1.54, 1.807) is 6.20 Å². The van der Waals surface area contributed by atoms with Gasteiger partial charge < -0.3 is 9.72 Å². The molecule has 1 aromatic heterocycles. The molecule has 1 aliphatic rings. The number of fused-ring (bicyclic) bond motifs is 1. The molecule has 0 saturated carbocycles. The van der Waals surface area contributed by atoms with Crippen molar-refractivity contribution in [3.8, 4) is 17.0 Å². The lowest BCUT2D eigenvalue weighted by atomic mass is 10.1. The zero-order chi connectivity index (χ0) is 11.0. The molecule has 1 aromatic carbocycles. The molecule has 2 aromatic rings. The minimum atomic E-state index is 0.562. The van der Waals surface area contributed by atoms with Gasteiger partial charge in [0.25, 0.3) is 0 Å². The van der Waals surface area contributed by atoms with Gasteiger partial charge in [0.05, 0.1) is 18.5 Å². The Hall–Kier alpha value is -2.01. The maximum atomic E-state index is 5.46. The molecule has 0 aliphatic carbocycles. The Morgan fingerprint density at radius 3 is 3.19 bits per heavy atom. The fourth-order valence-corrected chi connectivity index (χ4v) is 1.90. The van der Waals surface area contributed by atoms with Crippen molar-refractivity contribution in [3.05, 3.63) is 30.0 Å². The van der Waals surface area contributed by atoms with Crippen LogP contribution in [0.2, 0.25) is 0 Å². The number of nitrogen functional groups attached to an aromatic ring is 1. The van der Waals surface area contributed by atoms with Gasteiger partial charge in [0.2, 0.25) is 5.95 Å². The lowest BCUT2D eigenvalue weighted by molar-refractivity contribution is 0.357. The van der Waals surface area contributed by atoms with E-state index in [0.717, 1.165) is 30.0 Å². The first kappa shape index (κ1) is 9.23. The van der Waals surface area contributed by atoms with Gasteiger partial charge in [-0.2, -0.15) is 0 Å². The van der Waals surface area contributed by atoms with Crippen LogP contribution in [-0.4, -0.2) is 16.6 Å². The number of hydrogen-bond acceptors (Lipinski definition) is 4. The molecule has 0 bridgehead atoms. The van der Waals surface area contributed by atoms with Crippen LogP contribution in [-0.2, 0) is 6.42 Å². The first-order valence-corrected chi connectivity index (χ1v) is 5.14. The summed E-state index contributed by atoms with van der Waals surface area (Å²) in [7, 11) is 0. The molecule has 0 saturated heterocycles. The van der Waals surface area contributed by atoms with E-state index in [1.165, 1.54) is 5.56 Å². The molecular formula is C11H12N4O. The number of nitrogens with one attached hydrogen (secondary N) is 2. The largest absolute Gasteiger partial charge is 0.493 e. The summed E-state index contributed by atoms with van der Waals surface area (Å²) in [4.78, 5) is 7.16. The van der Waals surface area contributed by atoms with E-state index in [1.807, 2.05) is 12.1 Å². The van der Waals surface area contributed by atoms with Crippen molar-refractivity contribution in [2.24, 2.45) is 5.84 Å². The first-order valence-electron chi connectivity index (χ1n) is 5.14. The number of H-pyrrole nitrogens is 1. The molecule has 0 radical (unpaired) electrons. The molecule has 2 heterocycles. The Morgan fingerprint density at radius 1 is 1.44 bits per heavy atom. The van der Waals surface area contributed by atoms with Crippen molar-refractivity contribution in [2.75, 3.05) is 12.0 Å². The molecule has 0 unspecified atom stereocenters. The lowest BCUT2D eigenvalue weighted by Crippen LogP contribution is -2.07. The summed E-state index contributed by atoms with van der Waals surface area (Å²) in [5, 5.41) is 0. The van der Waals surface area contributed by atoms with Crippen molar-refractivity contribution >= 4 is 5.95 Å². The summed E-state index contributed by atoms with van der Waals surface area (Å²) in [6.45, 7) is 0.775. The lowest BCUT2D eigenvalue weighted by Gasteiger charge is -2.01. The number of hydrazine groups is 1. The second-order valence-electron chi connectivity index (χ2n) is 3.71. The number of imidazole rings is 1. The van der Waals surface area contributed by atoms with Crippen LogP contribution in [0.25, 0.3) is 11.3 Å². The third-order valence-corrected chi connectivity index (χ3v) is 2.71. The van der Waals surface area contributed by atoms with Crippen LogP contribution in [0.3, 0.4) is 0 Å². The number of nitrogens with zero attached hydrogens (tertiary/aromatic N) is 1. The summed E-state index contributed by atoms with van der Waals surface area (Å²) in [5.41, 5.74) is 5.77. The van der Waals surface area contributed by atoms with Crippen LogP contribution in [0.4, 0.5) is 5.95 Å². The van der Waals surface area contributed by atoms with E-state index in [4.69, 9.17) is 10.6 Å².